The Morgan fingerprint density at radius 2 is 1.85 bits per heavy atom. The third-order valence-corrected chi connectivity index (χ3v) is 3.18. The lowest BCUT2D eigenvalue weighted by atomic mass is 9.90. The van der Waals surface area contributed by atoms with E-state index >= 15 is 0 Å². The highest BCUT2D eigenvalue weighted by atomic mass is 19.1. The predicted octanol–water partition coefficient (Wildman–Crippen LogP) is 4.34. The second-order valence-electron chi connectivity index (χ2n) is 4.89. The molecule has 0 spiro atoms. The first-order chi connectivity index (χ1) is 6.20. The van der Waals surface area contributed by atoms with Crippen LogP contribution in [0.1, 0.15) is 58.8 Å². The fraction of sp³-hybridized carbons (Fsp3) is 1.00. The molecule has 1 aliphatic carbocycles. The van der Waals surface area contributed by atoms with Gasteiger partial charge in [-0.1, -0.05) is 39.5 Å². The summed E-state index contributed by atoms with van der Waals surface area (Å²) in [5.41, 5.74) is 0. The largest absolute Gasteiger partial charge is 0.247 e. The van der Waals surface area contributed by atoms with Gasteiger partial charge < -0.3 is 0 Å². The molecule has 1 heteroatoms. The molecule has 1 rings (SSSR count). The third kappa shape index (κ3) is 4.10. The first-order valence-electron chi connectivity index (χ1n) is 5.84. The van der Waals surface area contributed by atoms with Crippen molar-refractivity contribution in [1.29, 1.82) is 0 Å². The lowest BCUT2D eigenvalue weighted by molar-refractivity contribution is 0.197. The molecule has 0 aromatic carbocycles. The van der Waals surface area contributed by atoms with E-state index in [1.807, 2.05) is 0 Å². The summed E-state index contributed by atoms with van der Waals surface area (Å²) >= 11 is 0. The van der Waals surface area contributed by atoms with Gasteiger partial charge in [-0.05, 0) is 31.1 Å². The highest BCUT2D eigenvalue weighted by molar-refractivity contribution is 4.73. The maximum absolute atomic E-state index is 13.6. The Bertz CT molecular complexity index is 131. The van der Waals surface area contributed by atoms with Crippen molar-refractivity contribution >= 4 is 0 Å². The quantitative estimate of drug-likeness (QED) is 0.575. The Kier molecular flexibility index (Phi) is 4.76. The molecule has 0 heterocycles. The smallest absolute Gasteiger partial charge is 0.103 e. The second-order valence-corrected chi connectivity index (χ2v) is 4.89. The molecule has 0 radical (unpaired) electrons. The van der Waals surface area contributed by atoms with Crippen LogP contribution in [0.4, 0.5) is 4.39 Å². The van der Waals surface area contributed by atoms with Crippen LogP contribution in [0.15, 0.2) is 0 Å². The fourth-order valence-corrected chi connectivity index (χ4v) is 2.21. The van der Waals surface area contributed by atoms with Crippen molar-refractivity contribution in [2.75, 3.05) is 0 Å². The lowest BCUT2D eigenvalue weighted by Gasteiger charge is -2.18. The van der Waals surface area contributed by atoms with Crippen molar-refractivity contribution in [3.05, 3.63) is 0 Å². The van der Waals surface area contributed by atoms with Gasteiger partial charge in [0.1, 0.15) is 6.17 Å². The number of halogens is 1. The number of rotatable bonds is 3. The highest BCUT2D eigenvalue weighted by Crippen LogP contribution is 2.30. The first kappa shape index (κ1) is 11.0. The number of alkyl halides is 1. The van der Waals surface area contributed by atoms with Crippen molar-refractivity contribution in [3.8, 4) is 0 Å². The zero-order chi connectivity index (χ0) is 9.68. The molecule has 0 N–H and O–H groups in total. The van der Waals surface area contributed by atoms with E-state index in [0.717, 1.165) is 31.6 Å². The van der Waals surface area contributed by atoms with Gasteiger partial charge in [-0.15, -0.1) is 0 Å². The zero-order valence-electron chi connectivity index (χ0n) is 9.06. The minimum absolute atomic E-state index is 0.380. The molecule has 13 heavy (non-hydrogen) atoms. The van der Waals surface area contributed by atoms with E-state index in [2.05, 4.69) is 13.8 Å². The van der Waals surface area contributed by atoms with Crippen LogP contribution in [-0.2, 0) is 0 Å². The summed E-state index contributed by atoms with van der Waals surface area (Å²) < 4.78 is 13.6. The van der Waals surface area contributed by atoms with Gasteiger partial charge in [0.05, 0.1) is 0 Å². The standard InChI is InChI=1S/C12H23F/c1-10(2)8-9-11-6-4-3-5-7-12(11)13/h10-12H,3-9H2,1-2H3/t11-,12+/m1/s1. The molecular formula is C12H23F. The topological polar surface area (TPSA) is 0 Å². The monoisotopic (exact) mass is 186 g/mol. The van der Waals surface area contributed by atoms with E-state index in [4.69, 9.17) is 0 Å². The molecule has 1 saturated carbocycles. The molecule has 78 valence electrons. The summed E-state index contributed by atoms with van der Waals surface area (Å²) in [5, 5.41) is 0. The summed E-state index contributed by atoms with van der Waals surface area (Å²) in [4.78, 5) is 0. The molecule has 0 nitrogen and oxygen atoms in total. The molecule has 2 atom stereocenters. The molecule has 0 aromatic heterocycles. The van der Waals surface area contributed by atoms with Crippen LogP contribution >= 0.6 is 0 Å². The van der Waals surface area contributed by atoms with E-state index in [9.17, 15) is 4.39 Å². The molecule has 0 unspecified atom stereocenters. The van der Waals surface area contributed by atoms with Crippen molar-refractivity contribution < 1.29 is 4.39 Å². The summed E-state index contributed by atoms with van der Waals surface area (Å²) in [6, 6.07) is 0. The molecule has 1 aliphatic rings. The van der Waals surface area contributed by atoms with E-state index in [1.54, 1.807) is 0 Å². The third-order valence-electron chi connectivity index (χ3n) is 3.18. The number of hydrogen-bond acceptors (Lipinski definition) is 0. The van der Waals surface area contributed by atoms with Gasteiger partial charge in [-0.25, -0.2) is 4.39 Å². The van der Waals surface area contributed by atoms with E-state index in [0.29, 0.717) is 5.92 Å². The Morgan fingerprint density at radius 1 is 1.15 bits per heavy atom. The molecule has 0 aliphatic heterocycles. The van der Waals surface area contributed by atoms with Crippen LogP contribution in [0.5, 0.6) is 0 Å². The molecule has 0 amide bonds. The van der Waals surface area contributed by atoms with Crippen LogP contribution in [0.2, 0.25) is 0 Å². The molecule has 0 bridgehead atoms. The average Bonchev–Trinajstić information content (AvgIpc) is 2.27. The van der Waals surface area contributed by atoms with Crippen molar-refractivity contribution in [1.82, 2.24) is 0 Å². The average molecular weight is 186 g/mol. The van der Waals surface area contributed by atoms with Crippen LogP contribution in [0.25, 0.3) is 0 Å². The van der Waals surface area contributed by atoms with Gasteiger partial charge in [0.2, 0.25) is 0 Å². The normalized spacial score (nSPS) is 30.5. The summed E-state index contributed by atoms with van der Waals surface area (Å²) in [5.74, 6) is 1.11. The first-order valence-corrected chi connectivity index (χ1v) is 5.84. The second kappa shape index (κ2) is 5.62. The lowest BCUT2D eigenvalue weighted by Crippen LogP contribution is -2.14. The Balaban J connectivity index is 2.27. The van der Waals surface area contributed by atoms with Crippen LogP contribution in [-0.4, -0.2) is 6.17 Å². The predicted molar refractivity (Wildman–Crippen MR) is 55.5 cm³/mol. The summed E-state index contributed by atoms with van der Waals surface area (Å²) in [7, 11) is 0. The SMILES string of the molecule is CC(C)CC[C@H]1CCCCC[C@@H]1F. The van der Waals surface area contributed by atoms with Crippen molar-refractivity contribution in [2.45, 2.75) is 65.0 Å². The van der Waals surface area contributed by atoms with Gasteiger partial charge in [0.15, 0.2) is 0 Å². The van der Waals surface area contributed by atoms with Crippen molar-refractivity contribution in [2.24, 2.45) is 11.8 Å². The minimum atomic E-state index is -0.499. The Morgan fingerprint density at radius 3 is 2.54 bits per heavy atom. The molecule has 1 fully saturated rings. The zero-order valence-corrected chi connectivity index (χ0v) is 9.06. The van der Waals surface area contributed by atoms with E-state index in [-0.39, 0.29) is 0 Å². The molecular weight excluding hydrogens is 163 g/mol. The van der Waals surface area contributed by atoms with Crippen LogP contribution in [0.3, 0.4) is 0 Å². The Hall–Kier alpha value is -0.0700. The maximum Gasteiger partial charge on any atom is 0.103 e. The Labute approximate surface area is 81.9 Å². The minimum Gasteiger partial charge on any atom is -0.247 e. The highest BCUT2D eigenvalue weighted by Gasteiger charge is 2.22. The maximum atomic E-state index is 13.6. The van der Waals surface area contributed by atoms with E-state index in [1.165, 1.54) is 19.3 Å². The fourth-order valence-electron chi connectivity index (χ4n) is 2.21. The van der Waals surface area contributed by atoms with Gasteiger partial charge >= 0.3 is 0 Å². The summed E-state index contributed by atoms with van der Waals surface area (Å²) in [6.07, 6.45) is 7.38. The molecule has 0 aromatic rings. The van der Waals surface area contributed by atoms with Crippen molar-refractivity contribution in [3.63, 3.8) is 0 Å². The van der Waals surface area contributed by atoms with Crippen LogP contribution < -0.4 is 0 Å². The summed E-state index contributed by atoms with van der Waals surface area (Å²) in [6.45, 7) is 4.45. The van der Waals surface area contributed by atoms with Gasteiger partial charge in [0.25, 0.3) is 0 Å². The number of hydrogen-bond donors (Lipinski definition) is 0. The van der Waals surface area contributed by atoms with Gasteiger partial charge in [0, 0.05) is 0 Å². The van der Waals surface area contributed by atoms with Crippen LogP contribution in [0, 0.1) is 11.8 Å². The molecule has 0 saturated heterocycles. The van der Waals surface area contributed by atoms with Gasteiger partial charge in [-0.2, -0.15) is 0 Å². The van der Waals surface area contributed by atoms with E-state index < -0.39 is 6.17 Å². The van der Waals surface area contributed by atoms with Gasteiger partial charge in [-0.3, -0.25) is 0 Å².